The van der Waals surface area contributed by atoms with Gasteiger partial charge in [0, 0.05) is 6.04 Å². The Hall–Kier alpha value is -0.570. The summed E-state index contributed by atoms with van der Waals surface area (Å²) in [6.45, 7) is 6.30. The second-order valence-corrected chi connectivity index (χ2v) is 3.89. The molecule has 0 bridgehead atoms. The molecule has 0 rings (SSSR count). The number of carboxylic acids is 1. The summed E-state index contributed by atoms with van der Waals surface area (Å²) in [4.78, 5) is 10.4. The van der Waals surface area contributed by atoms with E-state index in [1.165, 1.54) is 0 Å². The molecule has 0 amide bonds. The van der Waals surface area contributed by atoms with E-state index in [4.69, 9.17) is 10.8 Å². The second-order valence-electron chi connectivity index (χ2n) is 3.89. The van der Waals surface area contributed by atoms with E-state index in [9.17, 15) is 4.79 Å². The highest BCUT2D eigenvalue weighted by Crippen LogP contribution is 2.20. The average molecular weight is 187 g/mol. The molecule has 3 atom stereocenters. The lowest BCUT2D eigenvalue weighted by Gasteiger charge is -2.24. The summed E-state index contributed by atoms with van der Waals surface area (Å²) in [5.41, 5.74) is 5.77. The van der Waals surface area contributed by atoms with Crippen LogP contribution in [-0.2, 0) is 4.79 Å². The second kappa shape index (κ2) is 5.97. The average Bonchev–Trinajstić information content (AvgIpc) is 2.02. The first-order valence-electron chi connectivity index (χ1n) is 4.96. The van der Waals surface area contributed by atoms with Crippen LogP contribution < -0.4 is 5.73 Å². The van der Waals surface area contributed by atoms with Crippen molar-refractivity contribution in [1.82, 2.24) is 0 Å². The maximum absolute atomic E-state index is 10.4. The smallest absolute Gasteiger partial charge is 0.304 e. The maximum atomic E-state index is 10.4. The third-order valence-corrected chi connectivity index (χ3v) is 2.73. The van der Waals surface area contributed by atoms with E-state index >= 15 is 0 Å². The molecule has 3 unspecified atom stereocenters. The fourth-order valence-electron chi connectivity index (χ4n) is 1.53. The predicted molar refractivity (Wildman–Crippen MR) is 53.5 cm³/mol. The molecule has 0 aromatic heterocycles. The molecule has 0 fully saturated rings. The number of rotatable bonds is 6. The van der Waals surface area contributed by atoms with Crippen molar-refractivity contribution in [3.05, 3.63) is 0 Å². The minimum atomic E-state index is -0.803. The molecule has 0 spiro atoms. The fourth-order valence-corrected chi connectivity index (χ4v) is 1.53. The third kappa shape index (κ3) is 4.88. The molecule has 13 heavy (non-hydrogen) atoms. The number of carbonyl (C=O) groups is 1. The first-order valence-corrected chi connectivity index (χ1v) is 4.96. The lowest BCUT2D eigenvalue weighted by molar-refractivity contribution is -0.137. The largest absolute Gasteiger partial charge is 0.481 e. The van der Waals surface area contributed by atoms with Crippen LogP contribution in [0.25, 0.3) is 0 Å². The number of aliphatic carboxylic acids is 1. The molecule has 3 nitrogen and oxygen atoms in total. The van der Waals surface area contributed by atoms with Gasteiger partial charge in [0.25, 0.3) is 0 Å². The van der Waals surface area contributed by atoms with Crippen LogP contribution in [0.2, 0.25) is 0 Å². The molecule has 0 radical (unpaired) electrons. The Morgan fingerprint density at radius 3 is 2.38 bits per heavy atom. The zero-order chi connectivity index (χ0) is 10.4. The zero-order valence-electron chi connectivity index (χ0n) is 8.79. The predicted octanol–water partition coefficient (Wildman–Crippen LogP) is 1.86. The molecule has 0 aliphatic carbocycles. The lowest BCUT2D eigenvalue weighted by atomic mass is 9.85. The monoisotopic (exact) mass is 187 g/mol. The Balaban J connectivity index is 3.92. The Bertz CT molecular complexity index is 159. The van der Waals surface area contributed by atoms with Crippen LogP contribution in [0.4, 0.5) is 0 Å². The van der Waals surface area contributed by atoms with Gasteiger partial charge in [0.2, 0.25) is 0 Å². The highest BCUT2D eigenvalue weighted by molar-refractivity contribution is 5.67. The van der Waals surface area contributed by atoms with Gasteiger partial charge in [-0.3, -0.25) is 4.79 Å². The van der Waals surface area contributed by atoms with E-state index in [0.717, 1.165) is 12.8 Å². The van der Waals surface area contributed by atoms with Gasteiger partial charge in [0.1, 0.15) is 0 Å². The van der Waals surface area contributed by atoms with Gasteiger partial charge >= 0.3 is 5.97 Å². The van der Waals surface area contributed by atoms with Crippen molar-refractivity contribution in [3.8, 4) is 0 Å². The first-order chi connectivity index (χ1) is 5.99. The quantitative estimate of drug-likeness (QED) is 0.667. The van der Waals surface area contributed by atoms with Crippen LogP contribution in [0.3, 0.4) is 0 Å². The van der Waals surface area contributed by atoms with Gasteiger partial charge < -0.3 is 10.8 Å². The van der Waals surface area contributed by atoms with Crippen LogP contribution in [0.5, 0.6) is 0 Å². The molecule has 3 heteroatoms. The SMILES string of the molecule is CCCC(C)C(C)C(N)CC(=O)O. The molecule has 0 saturated heterocycles. The number of nitrogens with two attached hydrogens (primary N) is 1. The zero-order valence-corrected chi connectivity index (χ0v) is 8.79. The van der Waals surface area contributed by atoms with Crippen molar-refractivity contribution in [2.45, 2.75) is 46.1 Å². The summed E-state index contributed by atoms with van der Waals surface area (Å²) in [6.07, 6.45) is 2.33. The van der Waals surface area contributed by atoms with Crippen molar-refractivity contribution in [1.29, 1.82) is 0 Å². The van der Waals surface area contributed by atoms with Crippen LogP contribution in [0.15, 0.2) is 0 Å². The van der Waals surface area contributed by atoms with E-state index < -0.39 is 5.97 Å². The lowest BCUT2D eigenvalue weighted by Crippen LogP contribution is -2.34. The van der Waals surface area contributed by atoms with Crippen molar-refractivity contribution in [2.75, 3.05) is 0 Å². The summed E-state index contributed by atoms with van der Waals surface area (Å²) in [7, 11) is 0. The molecule has 0 aliphatic heterocycles. The fraction of sp³-hybridized carbons (Fsp3) is 0.900. The summed E-state index contributed by atoms with van der Waals surface area (Å²) in [6, 6.07) is -0.209. The summed E-state index contributed by atoms with van der Waals surface area (Å²) >= 11 is 0. The van der Waals surface area contributed by atoms with Crippen molar-refractivity contribution in [2.24, 2.45) is 17.6 Å². The number of hydrogen-bond donors (Lipinski definition) is 2. The van der Waals surface area contributed by atoms with E-state index in [-0.39, 0.29) is 18.4 Å². The van der Waals surface area contributed by atoms with E-state index in [2.05, 4.69) is 13.8 Å². The Morgan fingerprint density at radius 1 is 1.46 bits per heavy atom. The summed E-state index contributed by atoms with van der Waals surface area (Å²) in [5, 5.41) is 8.56. The van der Waals surface area contributed by atoms with Gasteiger partial charge in [-0.1, -0.05) is 33.6 Å². The van der Waals surface area contributed by atoms with Gasteiger partial charge in [-0.05, 0) is 11.8 Å². The van der Waals surface area contributed by atoms with E-state index in [0.29, 0.717) is 5.92 Å². The molecule has 0 heterocycles. The molecular weight excluding hydrogens is 166 g/mol. The topological polar surface area (TPSA) is 63.3 Å². The molecule has 0 saturated carbocycles. The van der Waals surface area contributed by atoms with E-state index in [1.54, 1.807) is 0 Å². The van der Waals surface area contributed by atoms with Crippen molar-refractivity contribution < 1.29 is 9.90 Å². The van der Waals surface area contributed by atoms with Gasteiger partial charge in [0.05, 0.1) is 6.42 Å². The number of carboxylic acid groups (broad SMARTS) is 1. The maximum Gasteiger partial charge on any atom is 0.304 e. The van der Waals surface area contributed by atoms with Crippen LogP contribution >= 0.6 is 0 Å². The van der Waals surface area contributed by atoms with Crippen LogP contribution in [-0.4, -0.2) is 17.1 Å². The first kappa shape index (κ1) is 12.4. The van der Waals surface area contributed by atoms with Crippen LogP contribution in [0.1, 0.15) is 40.0 Å². The van der Waals surface area contributed by atoms with Crippen molar-refractivity contribution >= 4 is 5.97 Å². The number of hydrogen-bond acceptors (Lipinski definition) is 2. The normalized spacial score (nSPS) is 17.8. The van der Waals surface area contributed by atoms with Gasteiger partial charge in [-0.25, -0.2) is 0 Å². The molecule has 3 N–H and O–H groups in total. The van der Waals surface area contributed by atoms with Crippen molar-refractivity contribution in [3.63, 3.8) is 0 Å². The minimum absolute atomic E-state index is 0.0786. The summed E-state index contributed by atoms with van der Waals surface area (Å²) in [5.74, 6) is -0.00144. The molecule has 78 valence electrons. The Morgan fingerprint density at radius 2 is 2.00 bits per heavy atom. The minimum Gasteiger partial charge on any atom is -0.481 e. The molecule has 0 aliphatic rings. The Labute approximate surface area is 80.3 Å². The standard InChI is InChI=1S/C10H21NO2/c1-4-5-7(2)8(3)9(11)6-10(12)13/h7-9H,4-6,11H2,1-3H3,(H,12,13). The molecular formula is C10H21NO2. The molecule has 0 aromatic rings. The van der Waals surface area contributed by atoms with Crippen LogP contribution in [0, 0.1) is 11.8 Å². The highest BCUT2D eigenvalue weighted by Gasteiger charge is 2.20. The van der Waals surface area contributed by atoms with Gasteiger partial charge in [-0.2, -0.15) is 0 Å². The Kier molecular flexibility index (Phi) is 5.71. The van der Waals surface area contributed by atoms with Gasteiger partial charge in [-0.15, -0.1) is 0 Å². The van der Waals surface area contributed by atoms with Gasteiger partial charge in [0.15, 0.2) is 0 Å². The summed E-state index contributed by atoms with van der Waals surface area (Å²) < 4.78 is 0. The highest BCUT2D eigenvalue weighted by atomic mass is 16.4. The molecule has 0 aromatic carbocycles. The van der Waals surface area contributed by atoms with E-state index in [1.807, 2.05) is 6.92 Å². The third-order valence-electron chi connectivity index (χ3n) is 2.73.